The number of carbonyl (C=O) groups excluding carboxylic acids is 3. The number of amides is 3. The lowest BCUT2D eigenvalue weighted by Crippen LogP contribution is -2.51. The molecular formula is C19H26N4O4. The summed E-state index contributed by atoms with van der Waals surface area (Å²) in [5.41, 5.74) is 6.06. The van der Waals surface area contributed by atoms with Crippen molar-refractivity contribution in [2.24, 2.45) is 5.73 Å². The average molecular weight is 374 g/mol. The highest BCUT2D eigenvalue weighted by Gasteiger charge is 2.40. The fourth-order valence-electron chi connectivity index (χ4n) is 3.58. The van der Waals surface area contributed by atoms with Crippen LogP contribution in [0.25, 0.3) is 0 Å². The molecule has 2 fully saturated rings. The van der Waals surface area contributed by atoms with E-state index < -0.39 is 6.04 Å². The normalized spacial score (nSPS) is 23.1. The molecule has 146 valence electrons. The number of carbonyl (C=O) groups is 3. The maximum Gasteiger partial charge on any atom is 0.251 e. The zero-order chi connectivity index (χ0) is 19.2. The zero-order valence-electron chi connectivity index (χ0n) is 15.2. The topological polar surface area (TPSA) is 114 Å². The summed E-state index contributed by atoms with van der Waals surface area (Å²) in [5.74, 6) is -0.704. The summed E-state index contributed by atoms with van der Waals surface area (Å²) < 4.78 is 5.31. The van der Waals surface area contributed by atoms with E-state index in [-0.39, 0.29) is 42.9 Å². The fourth-order valence-corrected chi connectivity index (χ4v) is 3.58. The molecule has 1 aromatic carbocycles. The SMILES string of the molecule is NCC(=O)N1C[C@H](NC(=O)c2ccccc2)C[C@H]1C(=O)NC1CCOCC1. The van der Waals surface area contributed by atoms with Crippen LogP contribution in [0, 0.1) is 0 Å². The number of benzene rings is 1. The third-order valence-electron chi connectivity index (χ3n) is 5.04. The first-order chi connectivity index (χ1) is 13.1. The Kier molecular flexibility index (Phi) is 6.41. The number of nitrogens with two attached hydrogens (primary N) is 1. The maximum absolute atomic E-state index is 12.7. The van der Waals surface area contributed by atoms with E-state index >= 15 is 0 Å². The molecule has 8 nitrogen and oxygen atoms in total. The molecule has 0 aromatic heterocycles. The second-order valence-corrected chi connectivity index (χ2v) is 6.93. The third kappa shape index (κ3) is 4.84. The van der Waals surface area contributed by atoms with Crippen LogP contribution in [0.15, 0.2) is 30.3 Å². The molecule has 2 saturated heterocycles. The van der Waals surface area contributed by atoms with Crippen molar-refractivity contribution in [2.75, 3.05) is 26.3 Å². The summed E-state index contributed by atoms with van der Waals surface area (Å²) in [7, 11) is 0. The molecule has 8 heteroatoms. The molecule has 4 N–H and O–H groups in total. The van der Waals surface area contributed by atoms with Crippen LogP contribution in [0.2, 0.25) is 0 Å². The molecule has 27 heavy (non-hydrogen) atoms. The van der Waals surface area contributed by atoms with E-state index in [9.17, 15) is 14.4 Å². The van der Waals surface area contributed by atoms with E-state index in [0.717, 1.165) is 12.8 Å². The van der Waals surface area contributed by atoms with Gasteiger partial charge in [-0.3, -0.25) is 14.4 Å². The Hall–Kier alpha value is -2.45. The highest BCUT2D eigenvalue weighted by atomic mass is 16.5. The van der Waals surface area contributed by atoms with Crippen LogP contribution in [-0.2, 0) is 14.3 Å². The van der Waals surface area contributed by atoms with Gasteiger partial charge in [-0.25, -0.2) is 0 Å². The molecule has 0 aliphatic carbocycles. The van der Waals surface area contributed by atoms with Gasteiger partial charge in [0, 0.05) is 37.4 Å². The smallest absolute Gasteiger partial charge is 0.251 e. The van der Waals surface area contributed by atoms with Gasteiger partial charge in [-0.2, -0.15) is 0 Å². The van der Waals surface area contributed by atoms with Crippen molar-refractivity contribution >= 4 is 17.7 Å². The van der Waals surface area contributed by atoms with Crippen molar-refractivity contribution in [2.45, 2.75) is 37.4 Å². The van der Waals surface area contributed by atoms with Gasteiger partial charge in [0.2, 0.25) is 11.8 Å². The first-order valence-corrected chi connectivity index (χ1v) is 9.32. The van der Waals surface area contributed by atoms with Crippen LogP contribution < -0.4 is 16.4 Å². The number of likely N-dealkylation sites (tertiary alicyclic amines) is 1. The molecule has 0 unspecified atom stereocenters. The van der Waals surface area contributed by atoms with E-state index in [1.165, 1.54) is 4.90 Å². The lowest BCUT2D eigenvalue weighted by atomic mass is 10.1. The van der Waals surface area contributed by atoms with E-state index in [1.807, 2.05) is 6.07 Å². The standard InChI is InChI=1S/C19H26N4O4/c20-11-17(24)23-12-15(22-18(25)13-4-2-1-3-5-13)10-16(23)19(26)21-14-6-8-27-9-7-14/h1-5,14-16H,6-12,20H2,(H,21,26)(H,22,25)/t15-,16+/m1/s1. The van der Waals surface area contributed by atoms with Gasteiger partial charge < -0.3 is 26.0 Å². The van der Waals surface area contributed by atoms with Gasteiger partial charge in [-0.05, 0) is 31.4 Å². The van der Waals surface area contributed by atoms with Crippen molar-refractivity contribution in [3.05, 3.63) is 35.9 Å². The third-order valence-corrected chi connectivity index (χ3v) is 5.04. The molecule has 0 spiro atoms. The molecule has 0 radical (unpaired) electrons. The van der Waals surface area contributed by atoms with Gasteiger partial charge in [0.05, 0.1) is 6.54 Å². The second kappa shape index (κ2) is 8.96. The quantitative estimate of drug-likeness (QED) is 0.651. The Balaban J connectivity index is 1.64. The van der Waals surface area contributed by atoms with Crippen molar-refractivity contribution in [1.29, 1.82) is 0 Å². The van der Waals surface area contributed by atoms with Crippen molar-refractivity contribution in [3.63, 3.8) is 0 Å². The minimum Gasteiger partial charge on any atom is -0.381 e. The predicted molar refractivity (Wildman–Crippen MR) is 98.9 cm³/mol. The van der Waals surface area contributed by atoms with Gasteiger partial charge in [0.25, 0.3) is 5.91 Å². The average Bonchev–Trinajstić information content (AvgIpc) is 3.12. The summed E-state index contributed by atoms with van der Waals surface area (Å²) in [6.07, 6.45) is 1.90. The summed E-state index contributed by atoms with van der Waals surface area (Å²) in [6, 6.07) is 8.01. The van der Waals surface area contributed by atoms with Crippen molar-refractivity contribution < 1.29 is 19.1 Å². The summed E-state index contributed by atoms with van der Waals surface area (Å²) >= 11 is 0. The first-order valence-electron chi connectivity index (χ1n) is 9.32. The van der Waals surface area contributed by atoms with E-state index in [1.54, 1.807) is 24.3 Å². The van der Waals surface area contributed by atoms with Crippen LogP contribution in [0.3, 0.4) is 0 Å². The number of nitrogens with one attached hydrogen (secondary N) is 2. The molecular weight excluding hydrogens is 348 g/mol. The van der Waals surface area contributed by atoms with Crippen LogP contribution in [-0.4, -0.2) is 67.1 Å². The summed E-state index contributed by atoms with van der Waals surface area (Å²) in [4.78, 5) is 38.8. The van der Waals surface area contributed by atoms with Gasteiger partial charge in [-0.15, -0.1) is 0 Å². The molecule has 0 bridgehead atoms. The minimum atomic E-state index is -0.620. The summed E-state index contributed by atoms with van der Waals surface area (Å²) in [5, 5.41) is 5.93. The second-order valence-electron chi connectivity index (χ2n) is 6.93. The van der Waals surface area contributed by atoms with Crippen LogP contribution >= 0.6 is 0 Å². The highest BCUT2D eigenvalue weighted by Crippen LogP contribution is 2.20. The molecule has 0 saturated carbocycles. The molecule has 3 rings (SSSR count). The Morgan fingerprint density at radius 3 is 2.44 bits per heavy atom. The van der Waals surface area contributed by atoms with Crippen LogP contribution in [0.5, 0.6) is 0 Å². The lowest BCUT2D eigenvalue weighted by Gasteiger charge is -2.28. The molecule has 2 atom stereocenters. The van der Waals surface area contributed by atoms with Gasteiger partial charge in [0.1, 0.15) is 6.04 Å². The van der Waals surface area contributed by atoms with Gasteiger partial charge in [0.15, 0.2) is 0 Å². The molecule has 3 amide bonds. The molecule has 2 heterocycles. The zero-order valence-corrected chi connectivity index (χ0v) is 15.2. The number of rotatable bonds is 5. The van der Waals surface area contributed by atoms with Gasteiger partial charge in [-0.1, -0.05) is 18.2 Å². The van der Waals surface area contributed by atoms with Crippen molar-refractivity contribution in [1.82, 2.24) is 15.5 Å². The largest absolute Gasteiger partial charge is 0.381 e. The number of hydrogen-bond acceptors (Lipinski definition) is 5. The Labute approximate surface area is 158 Å². The highest BCUT2D eigenvalue weighted by molar-refractivity contribution is 5.95. The monoisotopic (exact) mass is 374 g/mol. The Morgan fingerprint density at radius 1 is 1.07 bits per heavy atom. The van der Waals surface area contributed by atoms with Gasteiger partial charge >= 0.3 is 0 Å². The van der Waals surface area contributed by atoms with E-state index in [0.29, 0.717) is 25.2 Å². The minimum absolute atomic E-state index is 0.0547. The predicted octanol–water partition coefficient (Wildman–Crippen LogP) is -0.360. The van der Waals surface area contributed by atoms with Crippen LogP contribution in [0.4, 0.5) is 0 Å². The Bertz CT molecular complexity index is 676. The summed E-state index contributed by atoms with van der Waals surface area (Å²) in [6.45, 7) is 1.36. The maximum atomic E-state index is 12.7. The molecule has 1 aromatic rings. The fraction of sp³-hybridized carbons (Fsp3) is 0.526. The van der Waals surface area contributed by atoms with Crippen LogP contribution in [0.1, 0.15) is 29.6 Å². The van der Waals surface area contributed by atoms with E-state index in [4.69, 9.17) is 10.5 Å². The Morgan fingerprint density at radius 2 is 1.78 bits per heavy atom. The number of hydrogen-bond donors (Lipinski definition) is 3. The van der Waals surface area contributed by atoms with Crippen molar-refractivity contribution in [3.8, 4) is 0 Å². The van der Waals surface area contributed by atoms with E-state index in [2.05, 4.69) is 10.6 Å². The molecule has 2 aliphatic heterocycles. The molecule has 2 aliphatic rings. The number of ether oxygens (including phenoxy) is 1. The lowest BCUT2D eigenvalue weighted by molar-refractivity contribution is -0.138. The first kappa shape index (κ1) is 19.3. The number of nitrogens with zero attached hydrogens (tertiary/aromatic N) is 1.